The van der Waals surface area contributed by atoms with Gasteiger partial charge in [0.05, 0.1) is 6.07 Å². The molecule has 3 unspecified atom stereocenters. The molecule has 0 aromatic carbocycles. The predicted octanol–water partition coefficient (Wildman–Crippen LogP) is 2.78. The van der Waals surface area contributed by atoms with E-state index in [9.17, 15) is 5.26 Å². The van der Waals surface area contributed by atoms with Crippen molar-refractivity contribution >= 4 is 0 Å². The summed E-state index contributed by atoms with van der Waals surface area (Å²) in [7, 11) is 0. The number of rotatable bonds is 6. The summed E-state index contributed by atoms with van der Waals surface area (Å²) in [5, 5.41) is 12.8. The van der Waals surface area contributed by atoms with Crippen LogP contribution in [-0.2, 0) is 0 Å². The number of hydrogen-bond acceptors (Lipinski definition) is 3. The van der Waals surface area contributed by atoms with Gasteiger partial charge in [0.25, 0.3) is 0 Å². The first-order valence-corrected chi connectivity index (χ1v) is 7.94. The van der Waals surface area contributed by atoms with Gasteiger partial charge in [0.1, 0.15) is 5.54 Å². The molecular weight excluding hydrogens is 234 g/mol. The molecule has 0 aromatic rings. The third kappa shape index (κ3) is 4.47. The van der Waals surface area contributed by atoms with E-state index in [4.69, 9.17) is 0 Å². The van der Waals surface area contributed by atoms with E-state index in [0.29, 0.717) is 6.04 Å². The highest BCUT2D eigenvalue weighted by Gasteiger charge is 2.32. The van der Waals surface area contributed by atoms with E-state index < -0.39 is 0 Å². The van der Waals surface area contributed by atoms with Crippen molar-refractivity contribution in [3.63, 3.8) is 0 Å². The number of piperidine rings is 1. The normalized spacial score (nSPS) is 31.7. The minimum atomic E-state index is -0.310. The van der Waals surface area contributed by atoms with Crippen molar-refractivity contribution < 1.29 is 0 Å². The highest BCUT2D eigenvalue weighted by Crippen LogP contribution is 2.25. The SMILES string of the molecule is CC1CCN(CCCC(C)(C#N)NC2CC2)CC1C. The van der Waals surface area contributed by atoms with Crippen LogP contribution in [0, 0.1) is 23.2 Å². The highest BCUT2D eigenvalue weighted by molar-refractivity contribution is 5.07. The molecule has 3 atom stereocenters. The number of nitrogens with zero attached hydrogens (tertiary/aromatic N) is 2. The zero-order valence-electron chi connectivity index (χ0n) is 12.8. The second-order valence-corrected chi connectivity index (χ2v) is 7.01. The predicted molar refractivity (Wildman–Crippen MR) is 78.8 cm³/mol. The Hall–Kier alpha value is -0.590. The molecule has 19 heavy (non-hydrogen) atoms. The van der Waals surface area contributed by atoms with Crippen LogP contribution >= 0.6 is 0 Å². The molecule has 1 N–H and O–H groups in total. The van der Waals surface area contributed by atoms with Gasteiger partial charge in [-0.1, -0.05) is 13.8 Å². The van der Waals surface area contributed by atoms with E-state index in [0.717, 1.165) is 31.2 Å². The average molecular weight is 263 g/mol. The second kappa shape index (κ2) is 6.24. The zero-order valence-corrected chi connectivity index (χ0v) is 12.8. The molecule has 0 aromatic heterocycles. The maximum absolute atomic E-state index is 9.35. The molecule has 0 spiro atoms. The first-order valence-electron chi connectivity index (χ1n) is 7.94. The lowest BCUT2D eigenvalue weighted by molar-refractivity contribution is 0.134. The molecule has 3 nitrogen and oxygen atoms in total. The van der Waals surface area contributed by atoms with Crippen molar-refractivity contribution in [1.82, 2.24) is 10.2 Å². The van der Waals surface area contributed by atoms with Crippen molar-refractivity contribution in [1.29, 1.82) is 5.26 Å². The molecular formula is C16H29N3. The molecule has 2 fully saturated rings. The van der Waals surface area contributed by atoms with Gasteiger partial charge in [0.2, 0.25) is 0 Å². The second-order valence-electron chi connectivity index (χ2n) is 7.01. The fourth-order valence-corrected chi connectivity index (χ4v) is 3.05. The number of likely N-dealkylation sites (tertiary alicyclic amines) is 1. The minimum Gasteiger partial charge on any atom is -0.303 e. The summed E-state index contributed by atoms with van der Waals surface area (Å²) in [5.74, 6) is 1.69. The van der Waals surface area contributed by atoms with E-state index in [1.54, 1.807) is 0 Å². The van der Waals surface area contributed by atoms with Crippen molar-refractivity contribution in [2.75, 3.05) is 19.6 Å². The molecule has 1 saturated heterocycles. The summed E-state index contributed by atoms with van der Waals surface area (Å²) in [6.07, 6.45) is 5.93. The summed E-state index contributed by atoms with van der Waals surface area (Å²) in [6.45, 7) is 10.4. The van der Waals surface area contributed by atoms with Crippen LogP contribution in [0.25, 0.3) is 0 Å². The van der Waals surface area contributed by atoms with Crippen LogP contribution in [0.5, 0.6) is 0 Å². The summed E-state index contributed by atoms with van der Waals surface area (Å²) in [6, 6.07) is 3.09. The van der Waals surface area contributed by atoms with Crippen LogP contribution in [-0.4, -0.2) is 36.1 Å². The van der Waals surface area contributed by atoms with Gasteiger partial charge >= 0.3 is 0 Å². The Kier molecular flexibility index (Phi) is 4.86. The first kappa shape index (κ1) is 14.8. The van der Waals surface area contributed by atoms with E-state index in [2.05, 4.69) is 37.1 Å². The Balaban J connectivity index is 1.69. The van der Waals surface area contributed by atoms with Crippen LogP contribution in [0.4, 0.5) is 0 Å². The Morgan fingerprint density at radius 3 is 2.58 bits per heavy atom. The number of nitrogens with one attached hydrogen (secondary N) is 1. The van der Waals surface area contributed by atoms with Crippen molar-refractivity contribution in [3.8, 4) is 6.07 Å². The number of nitriles is 1. The third-order valence-electron chi connectivity index (χ3n) is 4.92. The molecule has 2 rings (SSSR count). The van der Waals surface area contributed by atoms with E-state index in [-0.39, 0.29) is 5.54 Å². The molecule has 1 aliphatic carbocycles. The first-order chi connectivity index (χ1) is 9.02. The Morgan fingerprint density at radius 1 is 1.26 bits per heavy atom. The monoisotopic (exact) mass is 263 g/mol. The quantitative estimate of drug-likeness (QED) is 0.801. The lowest BCUT2D eigenvalue weighted by atomic mass is 9.88. The van der Waals surface area contributed by atoms with Gasteiger partial charge in [-0.25, -0.2) is 0 Å². The summed E-state index contributed by atoms with van der Waals surface area (Å²) in [5.41, 5.74) is -0.310. The smallest absolute Gasteiger partial charge is 0.104 e. The van der Waals surface area contributed by atoms with E-state index in [1.807, 2.05) is 0 Å². The molecule has 0 bridgehead atoms. The van der Waals surface area contributed by atoms with Crippen LogP contribution in [0.2, 0.25) is 0 Å². The van der Waals surface area contributed by atoms with Gasteiger partial charge in [-0.3, -0.25) is 5.32 Å². The van der Waals surface area contributed by atoms with E-state index >= 15 is 0 Å². The molecule has 1 saturated carbocycles. The van der Waals surface area contributed by atoms with Gasteiger partial charge in [-0.2, -0.15) is 5.26 Å². The van der Waals surface area contributed by atoms with Gasteiger partial charge in [0, 0.05) is 12.6 Å². The molecule has 1 heterocycles. The standard InChI is InChI=1S/C16H29N3/c1-13-7-10-19(11-14(13)2)9-4-8-16(3,12-17)18-15-5-6-15/h13-15,18H,4-11H2,1-3H3. The topological polar surface area (TPSA) is 39.1 Å². The fourth-order valence-electron chi connectivity index (χ4n) is 3.05. The molecule has 0 amide bonds. The third-order valence-corrected chi connectivity index (χ3v) is 4.92. The van der Waals surface area contributed by atoms with Crippen LogP contribution in [0.1, 0.15) is 52.9 Å². The molecule has 0 radical (unpaired) electrons. The lowest BCUT2D eigenvalue weighted by Crippen LogP contribution is -2.44. The minimum absolute atomic E-state index is 0.310. The van der Waals surface area contributed by atoms with Gasteiger partial charge in [-0.15, -0.1) is 0 Å². The van der Waals surface area contributed by atoms with Crippen molar-refractivity contribution in [2.45, 2.75) is 64.5 Å². The van der Waals surface area contributed by atoms with E-state index in [1.165, 1.54) is 32.4 Å². The van der Waals surface area contributed by atoms with Crippen molar-refractivity contribution in [3.05, 3.63) is 0 Å². The molecule has 108 valence electrons. The summed E-state index contributed by atoms with van der Waals surface area (Å²) >= 11 is 0. The Morgan fingerprint density at radius 2 is 2.00 bits per heavy atom. The van der Waals surface area contributed by atoms with Gasteiger partial charge in [0.15, 0.2) is 0 Å². The maximum Gasteiger partial charge on any atom is 0.104 e. The fraction of sp³-hybridized carbons (Fsp3) is 0.938. The van der Waals surface area contributed by atoms with Crippen LogP contribution in [0.15, 0.2) is 0 Å². The Bertz CT molecular complexity index is 331. The summed E-state index contributed by atoms with van der Waals surface area (Å²) < 4.78 is 0. The average Bonchev–Trinajstić information content (AvgIpc) is 3.17. The van der Waals surface area contributed by atoms with Gasteiger partial charge in [-0.05, 0) is 64.0 Å². The van der Waals surface area contributed by atoms with Gasteiger partial charge < -0.3 is 4.90 Å². The Labute approximate surface area is 118 Å². The summed E-state index contributed by atoms with van der Waals surface area (Å²) in [4.78, 5) is 2.58. The van der Waals surface area contributed by atoms with Crippen LogP contribution < -0.4 is 5.32 Å². The maximum atomic E-state index is 9.35. The molecule has 2 aliphatic rings. The molecule has 1 aliphatic heterocycles. The van der Waals surface area contributed by atoms with Crippen LogP contribution in [0.3, 0.4) is 0 Å². The largest absolute Gasteiger partial charge is 0.303 e. The van der Waals surface area contributed by atoms with Crippen molar-refractivity contribution in [2.24, 2.45) is 11.8 Å². The highest BCUT2D eigenvalue weighted by atomic mass is 15.1. The zero-order chi connectivity index (χ0) is 13.9. The lowest BCUT2D eigenvalue weighted by Gasteiger charge is -2.35. The number of hydrogen-bond donors (Lipinski definition) is 1. The molecule has 3 heteroatoms.